The molecule has 0 aliphatic carbocycles. The number of thioether (sulfide) groups is 1. The summed E-state index contributed by atoms with van der Waals surface area (Å²) in [6.45, 7) is 4.05. The van der Waals surface area contributed by atoms with Crippen molar-refractivity contribution in [3.63, 3.8) is 0 Å². The van der Waals surface area contributed by atoms with Crippen molar-refractivity contribution in [2.75, 3.05) is 0 Å². The Kier molecular flexibility index (Phi) is 5.74. The van der Waals surface area contributed by atoms with E-state index in [4.69, 9.17) is 11.6 Å². The van der Waals surface area contributed by atoms with Crippen LogP contribution in [0.25, 0.3) is 28.0 Å². The summed E-state index contributed by atoms with van der Waals surface area (Å²) in [6.07, 6.45) is 0. The molecule has 33 heavy (non-hydrogen) atoms. The topological polar surface area (TPSA) is 76.5 Å². The molecule has 1 unspecified atom stereocenters. The van der Waals surface area contributed by atoms with Gasteiger partial charge in [-0.2, -0.15) is 0 Å². The lowest BCUT2D eigenvalue weighted by molar-refractivity contribution is 0.859. The number of halogens is 1. The number of para-hydroxylation sites is 2. The van der Waals surface area contributed by atoms with Gasteiger partial charge >= 0.3 is 0 Å². The largest absolute Gasteiger partial charge is 0.309 e. The average Bonchev–Trinajstić information content (AvgIpc) is 3.23. The molecule has 164 valence electrons. The van der Waals surface area contributed by atoms with E-state index in [0.29, 0.717) is 26.9 Å². The van der Waals surface area contributed by atoms with Crippen LogP contribution in [0.2, 0.25) is 5.02 Å². The molecule has 5 rings (SSSR count). The van der Waals surface area contributed by atoms with Gasteiger partial charge in [0.15, 0.2) is 11.0 Å². The molecule has 1 N–H and O–H groups in total. The van der Waals surface area contributed by atoms with Crippen LogP contribution in [0.3, 0.4) is 0 Å². The Hall–Kier alpha value is -3.42. The van der Waals surface area contributed by atoms with Gasteiger partial charge in [0.2, 0.25) is 0 Å². The van der Waals surface area contributed by atoms with E-state index in [0.717, 1.165) is 22.6 Å². The van der Waals surface area contributed by atoms with Gasteiger partial charge in [0.25, 0.3) is 5.56 Å². The average molecular weight is 474 g/mol. The first-order chi connectivity index (χ1) is 16.0. The highest BCUT2D eigenvalue weighted by Crippen LogP contribution is 2.36. The van der Waals surface area contributed by atoms with Crippen LogP contribution in [-0.2, 0) is 0 Å². The highest BCUT2D eigenvalue weighted by molar-refractivity contribution is 7.99. The normalized spacial score (nSPS) is 12.2. The van der Waals surface area contributed by atoms with Gasteiger partial charge in [0, 0.05) is 10.6 Å². The first-order valence-electron chi connectivity index (χ1n) is 10.4. The first-order valence-corrected chi connectivity index (χ1v) is 11.7. The Morgan fingerprint density at radius 3 is 2.48 bits per heavy atom. The molecule has 8 heteroatoms. The number of benzene rings is 3. The van der Waals surface area contributed by atoms with Crippen molar-refractivity contribution in [3.8, 4) is 17.1 Å². The van der Waals surface area contributed by atoms with Crippen molar-refractivity contribution in [3.05, 3.63) is 99.6 Å². The second kappa shape index (κ2) is 8.84. The molecular weight excluding hydrogens is 454 g/mol. The number of aromatic amines is 1. The molecule has 0 aliphatic heterocycles. The van der Waals surface area contributed by atoms with Gasteiger partial charge < -0.3 is 4.98 Å². The van der Waals surface area contributed by atoms with Gasteiger partial charge in [-0.3, -0.25) is 9.36 Å². The van der Waals surface area contributed by atoms with Crippen LogP contribution in [0.1, 0.15) is 23.6 Å². The Balaban J connectivity index is 1.59. The number of H-pyrrole nitrogens is 1. The maximum atomic E-state index is 12.6. The highest BCUT2D eigenvalue weighted by Gasteiger charge is 2.21. The molecule has 0 saturated heterocycles. The van der Waals surface area contributed by atoms with Crippen molar-refractivity contribution in [2.45, 2.75) is 24.3 Å². The predicted molar refractivity (Wildman–Crippen MR) is 133 cm³/mol. The minimum atomic E-state index is -0.160. The molecule has 0 radical (unpaired) electrons. The van der Waals surface area contributed by atoms with Crippen molar-refractivity contribution in [2.24, 2.45) is 0 Å². The molecule has 3 aromatic carbocycles. The summed E-state index contributed by atoms with van der Waals surface area (Å²) in [5, 5.41) is 10.8. The smallest absolute Gasteiger partial charge is 0.258 e. The van der Waals surface area contributed by atoms with Crippen molar-refractivity contribution >= 4 is 34.3 Å². The van der Waals surface area contributed by atoms with Gasteiger partial charge in [-0.05, 0) is 61.9 Å². The van der Waals surface area contributed by atoms with Crippen molar-refractivity contribution in [1.82, 2.24) is 24.7 Å². The van der Waals surface area contributed by atoms with Crippen LogP contribution < -0.4 is 5.56 Å². The molecule has 0 amide bonds. The summed E-state index contributed by atoms with van der Waals surface area (Å²) in [7, 11) is 0. The zero-order chi connectivity index (χ0) is 22.9. The van der Waals surface area contributed by atoms with E-state index in [-0.39, 0.29) is 10.8 Å². The van der Waals surface area contributed by atoms with Gasteiger partial charge in [-0.25, -0.2) is 4.98 Å². The quantitative estimate of drug-likeness (QED) is 0.317. The minimum absolute atomic E-state index is 0.148. The SMILES string of the molecule is Cc1ccccc1-n1c(SC(C)c2nc3ccccc3c(=O)[nH]2)nnc1-c1ccc(Cl)cc1. The molecule has 0 aliphatic rings. The molecular formula is C25H20ClN5OS. The van der Waals surface area contributed by atoms with Crippen LogP contribution in [0.4, 0.5) is 0 Å². The molecule has 5 aromatic rings. The van der Waals surface area contributed by atoms with E-state index < -0.39 is 0 Å². The van der Waals surface area contributed by atoms with E-state index in [1.807, 2.05) is 72.2 Å². The van der Waals surface area contributed by atoms with Gasteiger partial charge in [-0.15, -0.1) is 10.2 Å². The second-order valence-electron chi connectivity index (χ2n) is 7.66. The lowest BCUT2D eigenvalue weighted by atomic mass is 10.1. The zero-order valence-corrected chi connectivity index (χ0v) is 19.6. The van der Waals surface area contributed by atoms with E-state index in [2.05, 4.69) is 33.2 Å². The minimum Gasteiger partial charge on any atom is -0.309 e. The molecule has 0 spiro atoms. The van der Waals surface area contributed by atoms with Gasteiger partial charge in [-0.1, -0.05) is 53.7 Å². The van der Waals surface area contributed by atoms with Gasteiger partial charge in [0.1, 0.15) is 5.82 Å². The summed E-state index contributed by atoms with van der Waals surface area (Å²) in [4.78, 5) is 20.2. The summed E-state index contributed by atoms with van der Waals surface area (Å²) in [5.74, 6) is 1.31. The molecule has 6 nitrogen and oxygen atoms in total. The lowest BCUT2D eigenvalue weighted by Gasteiger charge is -2.15. The number of fused-ring (bicyclic) bond motifs is 1. The number of hydrogen-bond acceptors (Lipinski definition) is 5. The third-order valence-corrected chi connectivity index (χ3v) is 6.69. The van der Waals surface area contributed by atoms with Crippen LogP contribution in [0, 0.1) is 6.92 Å². The van der Waals surface area contributed by atoms with Crippen LogP contribution in [0.5, 0.6) is 0 Å². The molecule has 2 aromatic heterocycles. The highest BCUT2D eigenvalue weighted by atomic mass is 35.5. The third kappa shape index (κ3) is 4.17. The maximum Gasteiger partial charge on any atom is 0.258 e. The predicted octanol–water partition coefficient (Wildman–Crippen LogP) is 5.99. The summed E-state index contributed by atoms with van der Waals surface area (Å²) in [6, 6.07) is 23.0. The Morgan fingerprint density at radius 2 is 1.70 bits per heavy atom. The van der Waals surface area contributed by atoms with Gasteiger partial charge in [0.05, 0.1) is 21.8 Å². The van der Waals surface area contributed by atoms with Crippen LogP contribution in [-0.4, -0.2) is 24.7 Å². The fourth-order valence-corrected chi connectivity index (χ4v) is 4.72. The summed E-state index contributed by atoms with van der Waals surface area (Å²) < 4.78 is 2.04. The number of aromatic nitrogens is 5. The summed E-state index contributed by atoms with van der Waals surface area (Å²) >= 11 is 7.59. The first kappa shape index (κ1) is 21.4. The molecule has 0 bridgehead atoms. The molecule has 0 saturated carbocycles. The van der Waals surface area contributed by atoms with Crippen LogP contribution in [0.15, 0.2) is 82.7 Å². The van der Waals surface area contributed by atoms with Crippen molar-refractivity contribution < 1.29 is 0 Å². The number of rotatable bonds is 5. The van der Waals surface area contributed by atoms with E-state index >= 15 is 0 Å². The number of nitrogens with one attached hydrogen (secondary N) is 1. The third-order valence-electron chi connectivity index (χ3n) is 5.39. The van der Waals surface area contributed by atoms with E-state index in [1.54, 1.807) is 6.07 Å². The zero-order valence-electron chi connectivity index (χ0n) is 18.0. The van der Waals surface area contributed by atoms with E-state index in [9.17, 15) is 4.79 Å². The number of hydrogen-bond donors (Lipinski definition) is 1. The molecule has 2 heterocycles. The fourth-order valence-electron chi connectivity index (χ4n) is 3.67. The van der Waals surface area contributed by atoms with Crippen molar-refractivity contribution in [1.29, 1.82) is 0 Å². The van der Waals surface area contributed by atoms with Crippen LogP contribution >= 0.6 is 23.4 Å². The van der Waals surface area contributed by atoms with E-state index in [1.165, 1.54) is 11.8 Å². The monoisotopic (exact) mass is 473 g/mol. The Bertz CT molecular complexity index is 1510. The Morgan fingerprint density at radius 1 is 0.970 bits per heavy atom. The molecule has 1 atom stereocenters. The maximum absolute atomic E-state index is 12.6. The lowest BCUT2D eigenvalue weighted by Crippen LogP contribution is -2.13. The number of aryl methyl sites for hydroxylation is 1. The standard InChI is InChI=1S/C25H20ClN5OS/c1-15-7-3-6-10-21(15)31-23(17-11-13-18(26)14-12-17)29-30-25(31)33-16(2)22-27-20-9-5-4-8-19(20)24(32)28-22/h3-14,16H,1-2H3,(H,27,28,32). The summed E-state index contributed by atoms with van der Waals surface area (Å²) in [5.41, 5.74) is 3.52. The molecule has 0 fully saturated rings. The second-order valence-corrected chi connectivity index (χ2v) is 9.41. The fraction of sp³-hybridized carbons (Fsp3) is 0.120. The number of nitrogens with zero attached hydrogens (tertiary/aromatic N) is 4. The Labute approximate surface area is 199 Å².